The number of hydrogen-bond acceptors (Lipinski definition) is 3. The summed E-state index contributed by atoms with van der Waals surface area (Å²) >= 11 is 5.97. The van der Waals surface area contributed by atoms with E-state index in [0.29, 0.717) is 18.2 Å². The Morgan fingerprint density at radius 2 is 1.81 bits per heavy atom. The molecule has 1 amide bonds. The lowest BCUT2D eigenvalue weighted by molar-refractivity contribution is 0.0734. The zero-order valence-corrected chi connectivity index (χ0v) is 16.5. The molecule has 1 aliphatic heterocycles. The SMILES string of the molecule is CCn1nc(CC(C)C)cc1C(=O)N1CCN(c2ccc(Cl)cc2)CC1. The Morgan fingerprint density at radius 3 is 2.38 bits per heavy atom. The summed E-state index contributed by atoms with van der Waals surface area (Å²) < 4.78 is 1.84. The van der Waals surface area contributed by atoms with Crippen LogP contribution in [-0.2, 0) is 13.0 Å². The highest BCUT2D eigenvalue weighted by Gasteiger charge is 2.25. The molecule has 1 aromatic carbocycles. The molecule has 6 heteroatoms. The van der Waals surface area contributed by atoms with Crippen molar-refractivity contribution in [2.45, 2.75) is 33.7 Å². The Balaban J connectivity index is 1.66. The predicted molar refractivity (Wildman–Crippen MR) is 106 cm³/mol. The van der Waals surface area contributed by atoms with Crippen LogP contribution in [0, 0.1) is 5.92 Å². The Labute approximate surface area is 160 Å². The molecule has 1 fully saturated rings. The number of amides is 1. The van der Waals surface area contributed by atoms with Crippen molar-refractivity contribution in [2.24, 2.45) is 5.92 Å². The van der Waals surface area contributed by atoms with E-state index in [9.17, 15) is 4.79 Å². The van der Waals surface area contributed by atoms with Crippen LogP contribution in [0.2, 0.25) is 5.02 Å². The van der Waals surface area contributed by atoms with Crippen LogP contribution in [0.3, 0.4) is 0 Å². The summed E-state index contributed by atoms with van der Waals surface area (Å²) in [7, 11) is 0. The van der Waals surface area contributed by atoms with E-state index in [2.05, 4.69) is 23.8 Å². The monoisotopic (exact) mass is 374 g/mol. The van der Waals surface area contributed by atoms with Gasteiger partial charge in [0.25, 0.3) is 5.91 Å². The summed E-state index contributed by atoms with van der Waals surface area (Å²) in [5, 5.41) is 5.34. The third kappa shape index (κ3) is 4.21. The van der Waals surface area contributed by atoms with Crippen molar-refractivity contribution in [2.75, 3.05) is 31.1 Å². The van der Waals surface area contributed by atoms with Gasteiger partial charge in [0.1, 0.15) is 5.69 Å². The first-order valence-electron chi connectivity index (χ1n) is 9.34. The summed E-state index contributed by atoms with van der Waals surface area (Å²) in [6.45, 7) is 10.2. The number of aryl methyl sites for hydroxylation is 1. The lowest BCUT2D eigenvalue weighted by atomic mass is 10.1. The molecule has 1 aliphatic rings. The fourth-order valence-corrected chi connectivity index (χ4v) is 3.51. The summed E-state index contributed by atoms with van der Waals surface area (Å²) in [5.41, 5.74) is 2.87. The lowest BCUT2D eigenvalue weighted by Crippen LogP contribution is -2.49. The molecule has 1 saturated heterocycles. The minimum Gasteiger partial charge on any atom is -0.368 e. The van der Waals surface area contributed by atoms with Gasteiger partial charge in [0.2, 0.25) is 0 Å². The standard InChI is InChI=1S/C20H27ClN4O/c1-4-25-19(14-17(22-25)13-15(2)3)20(26)24-11-9-23(10-12-24)18-7-5-16(21)6-8-18/h5-8,14-15H,4,9-13H2,1-3H3. The highest BCUT2D eigenvalue weighted by molar-refractivity contribution is 6.30. The minimum atomic E-state index is 0.0881. The van der Waals surface area contributed by atoms with Crippen LogP contribution in [0.4, 0.5) is 5.69 Å². The Bertz CT molecular complexity index is 746. The van der Waals surface area contributed by atoms with E-state index < -0.39 is 0 Å². The first kappa shape index (κ1) is 18.8. The van der Waals surface area contributed by atoms with Crippen molar-refractivity contribution in [3.63, 3.8) is 0 Å². The van der Waals surface area contributed by atoms with E-state index >= 15 is 0 Å². The van der Waals surface area contributed by atoms with Crippen LogP contribution in [0.25, 0.3) is 0 Å². The maximum Gasteiger partial charge on any atom is 0.272 e. The van der Waals surface area contributed by atoms with Gasteiger partial charge in [-0.3, -0.25) is 9.48 Å². The van der Waals surface area contributed by atoms with E-state index in [1.807, 2.05) is 46.8 Å². The van der Waals surface area contributed by atoms with Gasteiger partial charge in [-0.15, -0.1) is 0 Å². The van der Waals surface area contributed by atoms with Crippen molar-refractivity contribution >= 4 is 23.2 Å². The number of halogens is 1. The maximum absolute atomic E-state index is 13.0. The van der Waals surface area contributed by atoms with Crippen molar-refractivity contribution < 1.29 is 4.79 Å². The first-order valence-corrected chi connectivity index (χ1v) is 9.72. The van der Waals surface area contributed by atoms with Gasteiger partial charge < -0.3 is 9.80 Å². The van der Waals surface area contributed by atoms with Crippen molar-refractivity contribution in [1.82, 2.24) is 14.7 Å². The maximum atomic E-state index is 13.0. The predicted octanol–water partition coefficient (Wildman–Crippen LogP) is 3.72. The van der Waals surface area contributed by atoms with Gasteiger partial charge in [-0.25, -0.2) is 0 Å². The Kier molecular flexibility index (Phi) is 5.87. The molecule has 5 nitrogen and oxygen atoms in total. The van der Waals surface area contributed by atoms with Gasteiger partial charge in [-0.05, 0) is 49.6 Å². The molecule has 0 saturated carbocycles. The molecule has 0 spiro atoms. The zero-order chi connectivity index (χ0) is 18.7. The first-order chi connectivity index (χ1) is 12.5. The normalized spacial score (nSPS) is 15.0. The fraction of sp³-hybridized carbons (Fsp3) is 0.500. The molecule has 0 bridgehead atoms. The second-order valence-electron chi connectivity index (χ2n) is 7.19. The minimum absolute atomic E-state index is 0.0881. The number of piperazine rings is 1. The molecule has 2 heterocycles. The molecule has 0 aliphatic carbocycles. The van der Waals surface area contributed by atoms with E-state index in [1.165, 1.54) is 0 Å². The van der Waals surface area contributed by atoms with Crippen LogP contribution in [-0.4, -0.2) is 46.8 Å². The van der Waals surface area contributed by atoms with Crippen LogP contribution in [0.5, 0.6) is 0 Å². The molecule has 3 rings (SSSR count). The molecule has 0 unspecified atom stereocenters. The number of rotatable bonds is 5. The average molecular weight is 375 g/mol. The number of aromatic nitrogens is 2. The quantitative estimate of drug-likeness (QED) is 0.800. The highest BCUT2D eigenvalue weighted by atomic mass is 35.5. The summed E-state index contributed by atoms with van der Waals surface area (Å²) in [6.07, 6.45) is 0.900. The average Bonchev–Trinajstić information content (AvgIpc) is 3.04. The molecule has 2 aromatic rings. The number of hydrogen-bond donors (Lipinski definition) is 0. The van der Waals surface area contributed by atoms with Crippen LogP contribution in [0.15, 0.2) is 30.3 Å². The molecule has 0 radical (unpaired) electrons. The van der Waals surface area contributed by atoms with Crippen LogP contribution < -0.4 is 4.90 Å². The van der Waals surface area contributed by atoms with Crippen molar-refractivity contribution in [1.29, 1.82) is 0 Å². The Morgan fingerprint density at radius 1 is 1.15 bits per heavy atom. The van der Waals surface area contributed by atoms with Crippen molar-refractivity contribution in [3.05, 3.63) is 46.7 Å². The third-order valence-corrected chi connectivity index (χ3v) is 4.98. The van der Waals surface area contributed by atoms with Gasteiger partial charge >= 0.3 is 0 Å². The molecular weight excluding hydrogens is 348 g/mol. The summed E-state index contributed by atoms with van der Waals surface area (Å²) in [6, 6.07) is 9.85. The number of nitrogens with zero attached hydrogens (tertiary/aromatic N) is 4. The van der Waals surface area contributed by atoms with Crippen LogP contribution >= 0.6 is 11.6 Å². The van der Waals surface area contributed by atoms with Crippen LogP contribution in [0.1, 0.15) is 37.0 Å². The zero-order valence-electron chi connectivity index (χ0n) is 15.8. The molecule has 0 atom stereocenters. The number of anilines is 1. The number of benzene rings is 1. The molecule has 26 heavy (non-hydrogen) atoms. The van der Waals surface area contributed by atoms with Gasteiger partial charge in [0.15, 0.2) is 0 Å². The number of carbonyl (C=O) groups is 1. The van der Waals surface area contributed by atoms with Crippen molar-refractivity contribution in [3.8, 4) is 0 Å². The summed E-state index contributed by atoms with van der Waals surface area (Å²) in [4.78, 5) is 17.2. The molecule has 1 aromatic heterocycles. The van der Waals surface area contributed by atoms with Gasteiger partial charge in [-0.2, -0.15) is 5.10 Å². The molecular formula is C20H27ClN4O. The second kappa shape index (κ2) is 8.12. The van der Waals surface area contributed by atoms with E-state index in [4.69, 9.17) is 11.6 Å². The van der Waals surface area contributed by atoms with Gasteiger partial charge in [0, 0.05) is 43.4 Å². The third-order valence-electron chi connectivity index (χ3n) is 4.73. The molecule has 0 N–H and O–H groups in total. The largest absolute Gasteiger partial charge is 0.368 e. The van der Waals surface area contributed by atoms with E-state index in [1.54, 1.807) is 0 Å². The smallest absolute Gasteiger partial charge is 0.272 e. The van der Waals surface area contributed by atoms with Gasteiger partial charge in [0.05, 0.1) is 5.69 Å². The second-order valence-corrected chi connectivity index (χ2v) is 7.63. The van der Waals surface area contributed by atoms with E-state index in [-0.39, 0.29) is 5.91 Å². The van der Waals surface area contributed by atoms with Gasteiger partial charge in [-0.1, -0.05) is 25.4 Å². The fourth-order valence-electron chi connectivity index (χ4n) is 3.38. The number of carbonyl (C=O) groups excluding carboxylic acids is 1. The summed E-state index contributed by atoms with van der Waals surface area (Å²) in [5.74, 6) is 0.617. The lowest BCUT2D eigenvalue weighted by Gasteiger charge is -2.36. The Hall–Kier alpha value is -2.01. The highest BCUT2D eigenvalue weighted by Crippen LogP contribution is 2.20. The molecule has 140 valence electrons. The van der Waals surface area contributed by atoms with E-state index in [0.717, 1.165) is 49.0 Å². The topological polar surface area (TPSA) is 41.4 Å².